The Kier molecular flexibility index (Phi) is 6.36. The highest BCUT2D eigenvalue weighted by molar-refractivity contribution is 6.05. The van der Waals surface area contributed by atoms with E-state index >= 15 is 0 Å². The normalized spacial score (nSPS) is 11.4. The van der Waals surface area contributed by atoms with Gasteiger partial charge in [-0.1, -0.05) is 30.3 Å². The van der Waals surface area contributed by atoms with Gasteiger partial charge in [0.15, 0.2) is 0 Å². The van der Waals surface area contributed by atoms with Crippen molar-refractivity contribution in [2.24, 2.45) is 0 Å². The molecule has 3 N–H and O–H groups in total. The first-order chi connectivity index (χ1) is 16.2. The zero-order valence-corrected chi connectivity index (χ0v) is 19.5. The number of aromatic nitrogens is 2. The molecule has 0 saturated heterocycles. The maximum absolute atomic E-state index is 12.7. The third kappa shape index (κ3) is 5.61. The van der Waals surface area contributed by atoms with Crippen LogP contribution in [-0.4, -0.2) is 27.0 Å². The van der Waals surface area contributed by atoms with Gasteiger partial charge in [0.25, 0.3) is 5.91 Å². The molecule has 34 heavy (non-hydrogen) atoms. The fraction of sp³-hybridized carbons (Fsp3) is 0.222. The molecule has 0 spiro atoms. The third-order valence-corrected chi connectivity index (χ3v) is 5.17. The number of hydrogen-bond donors (Lipinski definition) is 2. The molecule has 3 aromatic carbocycles. The summed E-state index contributed by atoms with van der Waals surface area (Å²) in [7, 11) is 0. The molecule has 0 unspecified atom stereocenters. The summed E-state index contributed by atoms with van der Waals surface area (Å²) in [5, 5.41) is 2.91. The largest absolute Gasteiger partial charge is 0.459 e. The molecule has 4 aromatic rings. The number of nitrogens with zero attached hydrogens (tertiary/aromatic N) is 2. The lowest BCUT2D eigenvalue weighted by Gasteiger charge is -2.20. The second-order valence-electron chi connectivity index (χ2n) is 9.14. The Morgan fingerprint density at radius 1 is 1.00 bits per heavy atom. The van der Waals surface area contributed by atoms with Crippen LogP contribution in [0.1, 0.15) is 42.5 Å². The summed E-state index contributed by atoms with van der Waals surface area (Å²) in [6.07, 6.45) is 0.561. The molecule has 7 nitrogen and oxygen atoms in total. The Morgan fingerprint density at radius 2 is 1.71 bits per heavy atom. The minimum atomic E-state index is -0.592. The number of imidazole rings is 1. The summed E-state index contributed by atoms with van der Waals surface area (Å²) in [6, 6.07) is 22.1. The molecule has 1 amide bonds. The molecule has 0 aliphatic carbocycles. The van der Waals surface area contributed by atoms with E-state index in [1.54, 1.807) is 30.3 Å². The van der Waals surface area contributed by atoms with E-state index in [0.717, 1.165) is 22.4 Å². The Labute approximate surface area is 198 Å². The monoisotopic (exact) mass is 456 g/mol. The van der Waals surface area contributed by atoms with Gasteiger partial charge < -0.3 is 20.4 Å². The standard InChI is InChI=1S/C27H28N4O3/c1-27(2,3)34-25(32)17-31-23-16-21(29-26(33)19-9-11-20(28)12-10-19)13-14-22(23)30-24(31)15-18-7-5-4-6-8-18/h4-14,16H,15,17,28H2,1-3H3,(H,29,33). The minimum absolute atomic E-state index is 0.0191. The van der Waals surface area contributed by atoms with Crippen molar-refractivity contribution in [3.63, 3.8) is 0 Å². The molecule has 0 aliphatic rings. The Bertz CT molecular complexity index is 1320. The van der Waals surface area contributed by atoms with Crippen LogP contribution in [0.25, 0.3) is 11.0 Å². The number of amides is 1. The van der Waals surface area contributed by atoms with E-state index < -0.39 is 5.60 Å². The average molecular weight is 457 g/mol. The van der Waals surface area contributed by atoms with Crippen molar-refractivity contribution in [3.05, 3.63) is 89.7 Å². The van der Waals surface area contributed by atoms with Crippen LogP contribution in [0, 0.1) is 0 Å². The number of carbonyl (C=O) groups excluding carboxylic acids is 2. The van der Waals surface area contributed by atoms with E-state index in [4.69, 9.17) is 15.5 Å². The van der Waals surface area contributed by atoms with Crippen molar-refractivity contribution in [2.75, 3.05) is 11.1 Å². The predicted molar refractivity (Wildman–Crippen MR) is 134 cm³/mol. The van der Waals surface area contributed by atoms with Crippen molar-refractivity contribution < 1.29 is 14.3 Å². The van der Waals surface area contributed by atoms with Crippen molar-refractivity contribution in [1.29, 1.82) is 0 Å². The van der Waals surface area contributed by atoms with Crippen LogP contribution in [0.3, 0.4) is 0 Å². The van der Waals surface area contributed by atoms with Gasteiger partial charge in [0, 0.05) is 23.4 Å². The summed E-state index contributed by atoms with van der Waals surface area (Å²) in [6.45, 7) is 5.54. The zero-order chi connectivity index (χ0) is 24.3. The third-order valence-electron chi connectivity index (χ3n) is 5.17. The highest BCUT2D eigenvalue weighted by atomic mass is 16.6. The summed E-state index contributed by atoms with van der Waals surface area (Å²) in [5.41, 5.74) is 9.38. The number of fused-ring (bicyclic) bond motifs is 1. The van der Waals surface area contributed by atoms with Gasteiger partial charge in [0.05, 0.1) is 11.0 Å². The first-order valence-electron chi connectivity index (χ1n) is 11.1. The Hall–Kier alpha value is -4.13. The van der Waals surface area contributed by atoms with Crippen molar-refractivity contribution in [1.82, 2.24) is 9.55 Å². The number of nitrogens with two attached hydrogens (primary N) is 1. The molecular formula is C27H28N4O3. The van der Waals surface area contributed by atoms with Gasteiger partial charge in [0.2, 0.25) is 0 Å². The van der Waals surface area contributed by atoms with Crippen LogP contribution in [0.2, 0.25) is 0 Å². The number of benzene rings is 3. The molecule has 0 atom stereocenters. The van der Waals surface area contributed by atoms with Crippen LogP contribution in [0.4, 0.5) is 11.4 Å². The number of nitrogens with one attached hydrogen (secondary N) is 1. The number of rotatable bonds is 6. The molecule has 0 radical (unpaired) electrons. The fourth-order valence-electron chi connectivity index (χ4n) is 3.68. The number of esters is 1. The van der Waals surface area contributed by atoms with E-state index in [-0.39, 0.29) is 18.4 Å². The lowest BCUT2D eigenvalue weighted by Crippen LogP contribution is -2.27. The maximum Gasteiger partial charge on any atom is 0.326 e. The summed E-state index contributed by atoms with van der Waals surface area (Å²) < 4.78 is 7.42. The lowest BCUT2D eigenvalue weighted by atomic mass is 10.1. The predicted octanol–water partition coefficient (Wildman–Crippen LogP) is 4.80. The SMILES string of the molecule is CC(C)(C)OC(=O)Cn1c(Cc2ccccc2)nc2ccc(NC(=O)c3ccc(N)cc3)cc21. The van der Waals surface area contributed by atoms with E-state index in [0.29, 0.717) is 23.4 Å². The number of carbonyl (C=O) groups is 2. The van der Waals surface area contributed by atoms with Crippen molar-refractivity contribution >= 4 is 34.3 Å². The van der Waals surface area contributed by atoms with Gasteiger partial charge in [-0.3, -0.25) is 9.59 Å². The van der Waals surface area contributed by atoms with E-state index in [2.05, 4.69) is 5.32 Å². The maximum atomic E-state index is 12.7. The van der Waals surface area contributed by atoms with E-state index in [9.17, 15) is 9.59 Å². The van der Waals surface area contributed by atoms with Crippen LogP contribution >= 0.6 is 0 Å². The van der Waals surface area contributed by atoms with Gasteiger partial charge >= 0.3 is 5.97 Å². The van der Waals surface area contributed by atoms with Crippen LogP contribution < -0.4 is 11.1 Å². The molecule has 174 valence electrons. The van der Waals surface area contributed by atoms with Crippen molar-refractivity contribution in [2.45, 2.75) is 39.3 Å². The molecule has 0 bridgehead atoms. The van der Waals surface area contributed by atoms with E-state index in [1.807, 2.05) is 67.8 Å². The highest BCUT2D eigenvalue weighted by Crippen LogP contribution is 2.24. The first kappa shape index (κ1) is 23.0. The average Bonchev–Trinajstić information content (AvgIpc) is 3.10. The van der Waals surface area contributed by atoms with Crippen LogP contribution in [-0.2, 0) is 22.5 Å². The smallest absolute Gasteiger partial charge is 0.326 e. The fourth-order valence-corrected chi connectivity index (χ4v) is 3.68. The lowest BCUT2D eigenvalue weighted by molar-refractivity contribution is -0.155. The second-order valence-corrected chi connectivity index (χ2v) is 9.14. The molecule has 1 aromatic heterocycles. The summed E-state index contributed by atoms with van der Waals surface area (Å²) >= 11 is 0. The van der Waals surface area contributed by atoms with Crippen molar-refractivity contribution in [3.8, 4) is 0 Å². The molecule has 7 heteroatoms. The molecule has 1 heterocycles. The highest BCUT2D eigenvalue weighted by Gasteiger charge is 2.20. The molecule has 4 rings (SSSR count). The topological polar surface area (TPSA) is 99.2 Å². The first-order valence-corrected chi connectivity index (χ1v) is 11.1. The molecule has 0 aliphatic heterocycles. The Morgan fingerprint density at radius 3 is 2.38 bits per heavy atom. The van der Waals surface area contributed by atoms with Gasteiger partial charge in [-0.05, 0) is 68.8 Å². The molecule has 0 saturated carbocycles. The zero-order valence-electron chi connectivity index (χ0n) is 19.5. The molecular weight excluding hydrogens is 428 g/mol. The number of hydrogen-bond acceptors (Lipinski definition) is 5. The summed E-state index contributed by atoms with van der Waals surface area (Å²) in [5.74, 6) is 0.147. The van der Waals surface area contributed by atoms with Gasteiger partial charge in [0.1, 0.15) is 18.0 Å². The van der Waals surface area contributed by atoms with Gasteiger partial charge in [-0.2, -0.15) is 0 Å². The molecule has 0 fully saturated rings. The quantitative estimate of drug-likeness (QED) is 0.321. The van der Waals surface area contributed by atoms with E-state index in [1.165, 1.54) is 0 Å². The van der Waals surface area contributed by atoms with Gasteiger partial charge in [-0.25, -0.2) is 4.98 Å². The number of nitrogen functional groups attached to an aromatic ring is 1. The van der Waals surface area contributed by atoms with Gasteiger partial charge in [-0.15, -0.1) is 0 Å². The number of anilines is 2. The summed E-state index contributed by atoms with van der Waals surface area (Å²) in [4.78, 5) is 30.2. The number of ether oxygens (including phenoxy) is 1. The van der Waals surface area contributed by atoms with Crippen LogP contribution in [0.5, 0.6) is 0 Å². The second kappa shape index (κ2) is 9.39. The van der Waals surface area contributed by atoms with Crippen LogP contribution in [0.15, 0.2) is 72.8 Å². The Balaban J connectivity index is 1.68. The minimum Gasteiger partial charge on any atom is -0.459 e.